The number of carbonyl (C=O) groups is 2. The molecule has 0 radical (unpaired) electrons. The lowest BCUT2D eigenvalue weighted by molar-refractivity contribution is -0.139. The monoisotopic (exact) mass is 546 g/mol. The average Bonchev–Trinajstić information content (AvgIpc) is 2.80. The Hall–Kier alpha value is -4.05. The van der Waals surface area contributed by atoms with Crippen LogP contribution in [0.1, 0.15) is 66.4 Å². The van der Waals surface area contributed by atoms with E-state index in [1.165, 1.54) is 0 Å². The zero-order valence-corrected chi connectivity index (χ0v) is 21.8. The predicted molar refractivity (Wildman–Crippen MR) is 136 cm³/mol. The summed E-state index contributed by atoms with van der Waals surface area (Å²) in [7, 11) is 0. The Morgan fingerprint density at radius 2 is 1.62 bits per heavy atom. The molecule has 0 saturated heterocycles. The van der Waals surface area contributed by atoms with E-state index in [4.69, 9.17) is 14.6 Å². The number of halogens is 3. The molecular formula is C29H29F3O7. The van der Waals surface area contributed by atoms with Gasteiger partial charge in [-0.05, 0) is 68.1 Å². The highest BCUT2D eigenvalue weighted by molar-refractivity contribution is 5.95. The first-order valence-corrected chi connectivity index (χ1v) is 12.0. The maximum Gasteiger partial charge on any atom is 0.419 e. The van der Waals surface area contributed by atoms with Crippen molar-refractivity contribution in [2.45, 2.75) is 58.6 Å². The number of hydrogen-bond acceptors (Lipinski definition) is 6. The van der Waals surface area contributed by atoms with E-state index < -0.39 is 46.7 Å². The Morgan fingerprint density at radius 3 is 2.15 bits per heavy atom. The second kappa shape index (κ2) is 11.4. The van der Waals surface area contributed by atoms with Crippen LogP contribution in [0.15, 0.2) is 54.6 Å². The van der Waals surface area contributed by atoms with Crippen LogP contribution in [0.25, 0.3) is 11.1 Å². The van der Waals surface area contributed by atoms with Gasteiger partial charge >= 0.3 is 18.1 Å². The maximum atomic E-state index is 13.4. The summed E-state index contributed by atoms with van der Waals surface area (Å²) in [6.45, 7) is 5.90. The molecule has 0 aliphatic rings. The minimum Gasteiger partial charge on any atom is -0.506 e. The Balaban J connectivity index is 1.88. The van der Waals surface area contributed by atoms with Gasteiger partial charge in [0.2, 0.25) is 0 Å². The zero-order chi connectivity index (χ0) is 29.1. The van der Waals surface area contributed by atoms with E-state index in [0.29, 0.717) is 34.1 Å². The average molecular weight is 547 g/mol. The van der Waals surface area contributed by atoms with Crippen LogP contribution in [0.4, 0.5) is 13.2 Å². The Labute approximate surface area is 223 Å². The minimum absolute atomic E-state index is 0.00392. The van der Waals surface area contributed by atoms with Crippen molar-refractivity contribution in [1.29, 1.82) is 0 Å². The number of phenols is 1. The third kappa shape index (κ3) is 7.51. The molecule has 3 aromatic rings. The van der Waals surface area contributed by atoms with E-state index in [1.54, 1.807) is 70.2 Å². The molecule has 0 aromatic heterocycles. The summed E-state index contributed by atoms with van der Waals surface area (Å²) in [5.74, 6) is -3.01. The number of aliphatic hydroxyl groups excluding tert-OH is 1. The SMILES string of the molecule is CC(O)c1cc(CC(=O)O)ccc1-c1ccc(OCc2ccc(C(F)(F)F)c(O)c2C(=O)OC(C)(C)C)cc1. The molecule has 0 heterocycles. The van der Waals surface area contributed by atoms with Crippen LogP contribution < -0.4 is 4.74 Å². The number of aromatic hydroxyl groups is 1. The molecule has 0 bridgehead atoms. The largest absolute Gasteiger partial charge is 0.506 e. The van der Waals surface area contributed by atoms with Crippen LogP contribution >= 0.6 is 0 Å². The van der Waals surface area contributed by atoms with Crippen molar-refractivity contribution in [3.05, 3.63) is 82.4 Å². The second-order valence-electron chi connectivity index (χ2n) is 9.98. The van der Waals surface area contributed by atoms with Gasteiger partial charge in [-0.3, -0.25) is 4.79 Å². The van der Waals surface area contributed by atoms with Crippen molar-refractivity contribution in [3.8, 4) is 22.6 Å². The lowest BCUT2D eigenvalue weighted by Gasteiger charge is -2.22. The molecule has 1 unspecified atom stereocenters. The van der Waals surface area contributed by atoms with Crippen molar-refractivity contribution in [3.63, 3.8) is 0 Å². The van der Waals surface area contributed by atoms with E-state index in [0.717, 1.165) is 6.07 Å². The summed E-state index contributed by atoms with van der Waals surface area (Å²) in [6.07, 6.45) is -5.92. The number of carboxylic acids is 1. The highest BCUT2D eigenvalue weighted by Crippen LogP contribution is 2.40. The first-order chi connectivity index (χ1) is 18.1. The first kappa shape index (κ1) is 29.5. The maximum absolute atomic E-state index is 13.4. The van der Waals surface area contributed by atoms with Crippen LogP contribution in [0, 0.1) is 0 Å². The summed E-state index contributed by atoms with van der Waals surface area (Å²) in [5, 5.41) is 29.6. The molecular weight excluding hydrogens is 517 g/mol. The molecule has 0 fully saturated rings. The molecule has 0 aliphatic carbocycles. The summed E-state index contributed by atoms with van der Waals surface area (Å²) in [4.78, 5) is 23.7. The highest BCUT2D eigenvalue weighted by atomic mass is 19.4. The molecule has 208 valence electrons. The van der Waals surface area contributed by atoms with Crippen molar-refractivity contribution in [2.75, 3.05) is 0 Å². The van der Waals surface area contributed by atoms with Gasteiger partial charge in [0.15, 0.2) is 0 Å². The van der Waals surface area contributed by atoms with Crippen molar-refractivity contribution >= 4 is 11.9 Å². The lowest BCUT2D eigenvalue weighted by atomic mass is 9.94. The fraction of sp³-hybridized carbons (Fsp3) is 0.310. The highest BCUT2D eigenvalue weighted by Gasteiger charge is 2.37. The fourth-order valence-electron chi connectivity index (χ4n) is 3.94. The molecule has 10 heteroatoms. The van der Waals surface area contributed by atoms with Gasteiger partial charge < -0.3 is 24.8 Å². The van der Waals surface area contributed by atoms with Crippen molar-refractivity contribution in [2.24, 2.45) is 0 Å². The number of carbonyl (C=O) groups excluding carboxylic acids is 1. The summed E-state index contributed by atoms with van der Waals surface area (Å²) >= 11 is 0. The molecule has 1 atom stereocenters. The molecule has 7 nitrogen and oxygen atoms in total. The molecule has 0 saturated carbocycles. The van der Waals surface area contributed by atoms with E-state index >= 15 is 0 Å². The Kier molecular flexibility index (Phi) is 8.60. The third-order valence-corrected chi connectivity index (χ3v) is 5.65. The van der Waals surface area contributed by atoms with Crippen LogP contribution in [0.2, 0.25) is 0 Å². The van der Waals surface area contributed by atoms with E-state index in [-0.39, 0.29) is 18.6 Å². The molecule has 0 spiro atoms. The molecule has 3 aromatic carbocycles. The predicted octanol–water partition coefficient (Wildman–Crippen LogP) is 6.29. The van der Waals surface area contributed by atoms with Gasteiger partial charge in [0.25, 0.3) is 0 Å². The van der Waals surface area contributed by atoms with E-state index in [1.807, 2.05) is 0 Å². The van der Waals surface area contributed by atoms with Gasteiger partial charge in [-0.15, -0.1) is 0 Å². The Morgan fingerprint density at radius 1 is 0.974 bits per heavy atom. The molecule has 0 aliphatic heterocycles. The molecule has 39 heavy (non-hydrogen) atoms. The van der Waals surface area contributed by atoms with Crippen molar-refractivity contribution in [1.82, 2.24) is 0 Å². The number of alkyl halides is 3. The number of hydrogen-bond donors (Lipinski definition) is 3. The number of rotatable bonds is 8. The number of carboxylic acid groups (broad SMARTS) is 1. The number of phenolic OH excluding ortho intramolecular Hbond substituents is 1. The van der Waals surface area contributed by atoms with Gasteiger partial charge in [0.1, 0.15) is 29.3 Å². The second-order valence-corrected chi connectivity index (χ2v) is 9.98. The van der Waals surface area contributed by atoms with Gasteiger partial charge in [0.05, 0.1) is 18.1 Å². The fourth-order valence-corrected chi connectivity index (χ4v) is 3.94. The van der Waals surface area contributed by atoms with E-state index in [2.05, 4.69) is 0 Å². The quantitative estimate of drug-likeness (QED) is 0.285. The van der Waals surface area contributed by atoms with Gasteiger partial charge in [0, 0.05) is 5.56 Å². The van der Waals surface area contributed by atoms with E-state index in [9.17, 15) is 33.0 Å². The topological polar surface area (TPSA) is 113 Å². The van der Waals surface area contributed by atoms with Crippen LogP contribution in [0.3, 0.4) is 0 Å². The minimum atomic E-state index is -4.88. The summed E-state index contributed by atoms with van der Waals surface area (Å²) < 4.78 is 51.0. The van der Waals surface area contributed by atoms with Gasteiger partial charge in [-0.2, -0.15) is 13.2 Å². The molecule has 3 rings (SSSR count). The van der Waals surface area contributed by atoms with Crippen LogP contribution in [0.5, 0.6) is 11.5 Å². The van der Waals surface area contributed by atoms with Crippen LogP contribution in [-0.2, 0) is 28.7 Å². The van der Waals surface area contributed by atoms with Gasteiger partial charge in [-0.25, -0.2) is 4.79 Å². The Bertz CT molecular complexity index is 1360. The van der Waals surface area contributed by atoms with Crippen molar-refractivity contribution < 1.29 is 47.6 Å². The standard InChI is InChI=1S/C29H29F3O7/c1-16(33)22-13-17(14-24(34)35)5-11-21(22)18-6-9-20(10-7-18)38-15-19-8-12-23(29(30,31)32)26(36)25(19)27(37)39-28(2,3)4/h5-13,16,33,36H,14-15H2,1-4H3,(H,34,35). The van der Waals surface area contributed by atoms with Crippen LogP contribution in [-0.4, -0.2) is 32.9 Å². The summed E-state index contributed by atoms with van der Waals surface area (Å²) in [6, 6.07) is 13.4. The number of ether oxygens (including phenoxy) is 2. The molecule has 3 N–H and O–H groups in total. The third-order valence-electron chi connectivity index (χ3n) is 5.65. The smallest absolute Gasteiger partial charge is 0.419 e. The lowest BCUT2D eigenvalue weighted by Crippen LogP contribution is -2.25. The molecule has 0 amide bonds. The first-order valence-electron chi connectivity index (χ1n) is 12.0. The number of aliphatic hydroxyl groups is 1. The van der Waals surface area contributed by atoms with Gasteiger partial charge in [-0.1, -0.05) is 36.4 Å². The summed E-state index contributed by atoms with van der Waals surface area (Å²) in [5.41, 5.74) is -0.509. The number of esters is 1. The number of benzene rings is 3. The normalized spacial score (nSPS) is 12.6. The number of aliphatic carboxylic acids is 1. The zero-order valence-electron chi connectivity index (χ0n) is 21.8.